The van der Waals surface area contributed by atoms with Crippen molar-refractivity contribution in [1.82, 2.24) is 20.4 Å². The molecule has 162 valence electrons. The fraction of sp³-hybridized carbons (Fsp3) is 0.278. The third-order valence-electron chi connectivity index (χ3n) is 4.78. The second-order valence-corrected chi connectivity index (χ2v) is 10.00. The number of hydrogen-bond donors (Lipinski definition) is 4. The van der Waals surface area contributed by atoms with Crippen molar-refractivity contribution >= 4 is 52.6 Å². The molecule has 0 radical (unpaired) electrons. The van der Waals surface area contributed by atoms with E-state index in [-0.39, 0.29) is 16.3 Å². The fourth-order valence-corrected chi connectivity index (χ4v) is 6.38. The van der Waals surface area contributed by atoms with Gasteiger partial charge in [-0.15, -0.1) is 11.8 Å². The van der Waals surface area contributed by atoms with Crippen LogP contribution in [-0.4, -0.2) is 60.9 Å². The molecular formula is C18H17N5O5S3. The number of nitrogens with zero attached hydrogens (tertiary/aromatic N) is 2. The number of rotatable bonds is 7. The third kappa shape index (κ3) is 4.26. The van der Waals surface area contributed by atoms with E-state index in [4.69, 9.17) is 5.73 Å². The predicted octanol–water partition coefficient (Wildman–Crippen LogP) is 0.362. The summed E-state index contributed by atoms with van der Waals surface area (Å²) >= 11 is 3.53. The highest BCUT2D eigenvalue weighted by atomic mass is 32.2. The van der Waals surface area contributed by atoms with E-state index < -0.39 is 35.2 Å². The summed E-state index contributed by atoms with van der Waals surface area (Å²) in [4.78, 5) is 49.3. The van der Waals surface area contributed by atoms with Gasteiger partial charge in [-0.2, -0.15) is 5.10 Å². The molecule has 2 amide bonds. The summed E-state index contributed by atoms with van der Waals surface area (Å²) in [6, 6.07) is 7.01. The van der Waals surface area contributed by atoms with Gasteiger partial charge >= 0.3 is 10.8 Å². The van der Waals surface area contributed by atoms with Gasteiger partial charge < -0.3 is 16.2 Å². The van der Waals surface area contributed by atoms with Crippen molar-refractivity contribution in [3.63, 3.8) is 0 Å². The molecule has 13 heteroatoms. The minimum absolute atomic E-state index is 0.0815. The SMILES string of the molecule is NC(C(=O)NC1C(=O)N2C(C(=O)O)=C(CSc3n[nH]c(=O)s3)CS[C@@H]12)c1ccccc1. The summed E-state index contributed by atoms with van der Waals surface area (Å²) in [7, 11) is 0. The van der Waals surface area contributed by atoms with Crippen LogP contribution in [0.3, 0.4) is 0 Å². The van der Waals surface area contributed by atoms with Gasteiger partial charge in [0.15, 0.2) is 4.34 Å². The molecule has 2 aromatic rings. The number of aromatic nitrogens is 2. The molecule has 10 nitrogen and oxygen atoms in total. The zero-order valence-electron chi connectivity index (χ0n) is 15.8. The lowest BCUT2D eigenvalue weighted by molar-refractivity contribution is -0.150. The summed E-state index contributed by atoms with van der Waals surface area (Å²) < 4.78 is 0.490. The normalized spacial score (nSPS) is 21.3. The maximum Gasteiger partial charge on any atom is 0.352 e. The lowest BCUT2D eigenvalue weighted by atomic mass is 10.0. The molecule has 2 aliphatic heterocycles. The van der Waals surface area contributed by atoms with Crippen molar-refractivity contribution in [2.75, 3.05) is 11.5 Å². The van der Waals surface area contributed by atoms with E-state index in [0.29, 0.717) is 21.2 Å². The molecule has 0 saturated carbocycles. The first-order valence-corrected chi connectivity index (χ1v) is 11.9. The third-order valence-corrected chi connectivity index (χ3v) is 8.09. The Kier molecular flexibility index (Phi) is 6.18. The highest BCUT2D eigenvalue weighted by Gasteiger charge is 2.54. The van der Waals surface area contributed by atoms with Gasteiger partial charge in [0.1, 0.15) is 23.2 Å². The summed E-state index contributed by atoms with van der Waals surface area (Å²) in [6.45, 7) is 0. The number of carbonyl (C=O) groups excluding carboxylic acids is 2. The number of thioether (sulfide) groups is 2. The lowest BCUT2D eigenvalue weighted by Gasteiger charge is -2.49. The number of carbonyl (C=O) groups is 3. The Bertz CT molecular complexity index is 1120. The van der Waals surface area contributed by atoms with Gasteiger partial charge in [-0.3, -0.25) is 19.3 Å². The highest BCUT2D eigenvalue weighted by molar-refractivity contribution is 8.01. The van der Waals surface area contributed by atoms with Crippen molar-refractivity contribution < 1.29 is 19.5 Å². The van der Waals surface area contributed by atoms with Crippen LogP contribution in [0.25, 0.3) is 0 Å². The molecule has 1 fully saturated rings. The average Bonchev–Trinajstić information content (AvgIpc) is 3.20. The number of amides is 2. The molecule has 2 unspecified atom stereocenters. The van der Waals surface area contributed by atoms with Gasteiger partial charge in [-0.25, -0.2) is 9.89 Å². The molecular weight excluding hydrogens is 462 g/mol. The second kappa shape index (κ2) is 8.86. The molecule has 4 rings (SSSR count). The first-order chi connectivity index (χ1) is 14.9. The molecule has 2 aliphatic rings. The van der Waals surface area contributed by atoms with E-state index in [9.17, 15) is 24.3 Å². The van der Waals surface area contributed by atoms with E-state index in [1.165, 1.54) is 28.4 Å². The minimum Gasteiger partial charge on any atom is -0.477 e. The van der Waals surface area contributed by atoms with Crippen LogP contribution in [0, 0.1) is 0 Å². The smallest absolute Gasteiger partial charge is 0.352 e. The summed E-state index contributed by atoms with van der Waals surface area (Å²) in [6.07, 6.45) is 0. The molecule has 1 saturated heterocycles. The van der Waals surface area contributed by atoms with Crippen LogP contribution in [0.15, 0.2) is 50.7 Å². The van der Waals surface area contributed by atoms with Crippen LogP contribution in [0.2, 0.25) is 0 Å². The van der Waals surface area contributed by atoms with Crippen molar-refractivity contribution in [1.29, 1.82) is 0 Å². The van der Waals surface area contributed by atoms with E-state index in [2.05, 4.69) is 15.5 Å². The predicted molar refractivity (Wildman–Crippen MR) is 117 cm³/mol. The molecule has 1 aromatic carbocycles. The first kappa shape index (κ1) is 21.6. The maximum absolute atomic E-state index is 12.7. The van der Waals surface area contributed by atoms with Crippen molar-refractivity contribution in [3.05, 3.63) is 56.8 Å². The van der Waals surface area contributed by atoms with Crippen molar-refractivity contribution in [3.8, 4) is 0 Å². The Morgan fingerprint density at radius 1 is 1.35 bits per heavy atom. The molecule has 3 atom stereocenters. The number of aromatic amines is 1. The molecule has 0 aliphatic carbocycles. The molecule has 3 heterocycles. The zero-order valence-corrected chi connectivity index (χ0v) is 18.3. The highest BCUT2D eigenvalue weighted by Crippen LogP contribution is 2.41. The minimum atomic E-state index is -1.21. The van der Waals surface area contributed by atoms with Gasteiger partial charge in [-0.05, 0) is 22.5 Å². The number of benzene rings is 1. The fourth-order valence-electron chi connectivity index (χ4n) is 3.28. The Morgan fingerprint density at radius 3 is 2.74 bits per heavy atom. The quantitative estimate of drug-likeness (QED) is 0.325. The Balaban J connectivity index is 1.46. The summed E-state index contributed by atoms with van der Waals surface area (Å²) in [5.74, 6) is -1.55. The number of β-lactam (4-membered cyclic amide) rings is 1. The van der Waals surface area contributed by atoms with Gasteiger partial charge in [0.2, 0.25) is 5.91 Å². The van der Waals surface area contributed by atoms with Gasteiger partial charge in [-0.1, -0.05) is 42.1 Å². The number of carboxylic acid groups (broad SMARTS) is 1. The molecule has 5 N–H and O–H groups in total. The number of nitrogens with two attached hydrogens (primary N) is 1. The number of fused-ring (bicyclic) bond motifs is 1. The number of aliphatic carboxylic acids is 1. The molecule has 0 spiro atoms. The average molecular weight is 480 g/mol. The van der Waals surface area contributed by atoms with Crippen LogP contribution >= 0.6 is 34.9 Å². The number of hydrogen-bond acceptors (Lipinski definition) is 9. The number of nitrogens with one attached hydrogen (secondary N) is 2. The van der Waals surface area contributed by atoms with Crippen molar-refractivity contribution in [2.24, 2.45) is 5.73 Å². The second-order valence-electron chi connectivity index (χ2n) is 6.71. The molecule has 31 heavy (non-hydrogen) atoms. The van der Waals surface area contributed by atoms with Crippen LogP contribution in [0.5, 0.6) is 0 Å². The van der Waals surface area contributed by atoms with Crippen LogP contribution in [0.1, 0.15) is 11.6 Å². The maximum atomic E-state index is 12.7. The first-order valence-electron chi connectivity index (χ1n) is 9.06. The summed E-state index contributed by atoms with van der Waals surface area (Å²) in [5.41, 5.74) is 7.08. The van der Waals surface area contributed by atoms with E-state index in [0.717, 1.165) is 11.3 Å². The molecule has 0 bridgehead atoms. The van der Waals surface area contributed by atoms with E-state index in [1.54, 1.807) is 24.3 Å². The van der Waals surface area contributed by atoms with Gasteiger partial charge in [0, 0.05) is 11.5 Å². The topological polar surface area (TPSA) is 158 Å². The number of H-pyrrole nitrogens is 1. The van der Waals surface area contributed by atoms with E-state index >= 15 is 0 Å². The number of carboxylic acids is 1. The van der Waals surface area contributed by atoms with Crippen LogP contribution in [0.4, 0.5) is 0 Å². The Hall–Kier alpha value is -2.61. The standard InChI is InChI=1S/C18H17N5O5S3/c19-10(8-4-2-1-3-5-8)13(24)20-11-14(25)23-12(16(26)27)9(6-29-15(11)23)7-30-18-22-21-17(28)31-18/h1-5,10-11,15H,6-7,19H2,(H,20,24)(H,21,28)(H,26,27)/t10?,11?,15-/m0/s1. The van der Waals surface area contributed by atoms with Gasteiger partial charge in [0.25, 0.3) is 5.91 Å². The van der Waals surface area contributed by atoms with E-state index in [1.807, 2.05) is 6.07 Å². The lowest BCUT2D eigenvalue weighted by Crippen LogP contribution is -2.71. The van der Waals surface area contributed by atoms with Crippen LogP contribution < -0.4 is 15.9 Å². The van der Waals surface area contributed by atoms with Gasteiger partial charge in [0.05, 0.1) is 0 Å². The molecule has 1 aromatic heterocycles. The zero-order chi connectivity index (χ0) is 22.1. The van der Waals surface area contributed by atoms with Crippen LogP contribution in [-0.2, 0) is 14.4 Å². The van der Waals surface area contributed by atoms with Crippen molar-refractivity contribution in [2.45, 2.75) is 21.8 Å². The summed E-state index contributed by atoms with van der Waals surface area (Å²) in [5, 5.41) is 18.0. The largest absolute Gasteiger partial charge is 0.477 e. The Labute approximate surface area is 188 Å². The monoisotopic (exact) mass is 479 g/mol. The Morgan fingerprint density at radius 2 is 2.10 bits per heavy atom.